The van der Waals surface area contributed by atoms with E-state index >= 15 is 0 Å². The van der Waals surface area contributed by atoms with Gasteiger partial charge in [0, 0.05) is 11.6 Å². The normalized spacial score (nSPS) is 14.6. The van der Waals surface area contributed by atoms with Crippen molar-refractivity contribution in [1.82, 2.24) is 5.32 Å². The Bertz CT molecular complexity index is 653. The van der Waals surface area contributed by atoms with Gasteiger partial charge in [-0.25, -0.2) is 0 Å². The maximum absolute atomic E-state index is 11.8. The largest absolute Gasteiger partial charge is 0.461 e. The van der Waals surface area contributed by atoms with Crippen molar-refractivity contribution in [2.24, 2.45) is 0 Å². The van der Waals surface area contributed by atoms with Gasteiger partial charge in [0.2, 0.25) is 0 Å². The Morgan fingerprint density at radius 3 is 2.45 bits per heavy atom. The maximum atomic E-state index is 11.8. The van der Waals surface area contributed by atoms with E-state index in [0.29, 0.717) is 0 Å². The molecule has 1 N–H and O–H groups in total. The molecule has 0 atom stereocenters. The van der Waals surface area contributed by atoms with E-state index in [0.717, 1.165) is 17.2 Å². The number of imide groups is 1. The third-order valence-corrected chi connectivity index (χ3v) is 3.38. The molecule has 5 heteroatoms. The van der Waals surface area contributed by atoms with Crippen LogP contribution in [-0.4, -0.2) is 17.8 Å². The first-order chi connectivity index (χ1) is 10.3. The number of esters is 1. The zero-order chi connectivity index (χ0) is 16.3. The van der Waals surface area contributed by atoms with Gasteiger partial charge in [0.15, 0.2) is 0 Å². The fourth-order valence-electron chi connectivity index (χ4n) is 2.33. The summed E-state index contributed by atoms with van der Waals surface area (Å²) >= 11 is 0. The smallest absolute Gasteiger partial charge is 0.310 e. The molecule has 0 saturated carbocycles. The molecule has 0 unspecified atom stereocenters. The van der Waals surface area contributed by atoms with E-state index in [-0.39, 0.29) is 24.0 Å². The quantitative estimate of drug-likeness (QED) is 0.682. The number of amides is 2. The summed E-state index contributed by atoms with van der Waals surface area (Å²) in [5.74, 6) is -1.55. The van der Waals surface area contributed by atoms with Crippen LogP contribution in [0.25, 0.3) is 0 Å². The fourth-order valence-corrected chi connectivity index (χ4v) is 2.33. The van der Waals surface area contributed by atoms with Crippen molar-refractivity contribution < 1.29 is 19.1 Å². The fraction of sp³-hybridized carbons (Fsp3) is 0.353. The zero-order valence-electron chi connectivity index (χ0n) is 12.9. The SMILES string of the molecule is CC(C)(C)c1ccccc1COC(=O)CC1=CC(=O)NC1=O. The first kappa shape index (κ1) is 15.9. The number of carbonyl (C=O) groups excluding carboxylic acids is 3. The highest BCUT2D eigenvalue weighted by atomic mass is 16.5. The third kappa shape index (κ3) is 3.81. The van der Waals surface area contributed by atoms with E-state index in [2.05, 4.69) is 26.1 Å². The highest BCUT2D eigenvalue weighted by Crippen LogP contribution is 2.26. The second-order valence-electron chi connectivity index (χ2n) is 6.23. The molecule has 0 saturated heterocycles. The molecule has 5 nitrogen and oxygen atoms in total. The Balaban J connectivity index is 1.99. The molecule has 1 aromatic rings. The van der Waals surface area contributed by atoms with Gasteiger partial charge in [-0.05, 0) is 16.5 Å². The molecule has 22 heavy (non-hydrogen) atoms. The first-order valence-electron chi connectivity index (χ1n) is 7.07. The molecule has 0 aliphatic carbocycles. The lowest BCUT2D eigenvalue weighted by atomic mass is 9.84. The lowest BCUT2D eigenvalue weighted by molar-refractivity contribution is -0.144. The minimum Gasteiger partial charge on any atom is -0.461 e. The van der Waals surface area contributed by atoms with Crippen LogP contribution in [0, 0.1) is 0 Å². The molecule has 0 spiro atoms. The minimum atomic E-state index is -0.531. The standard InChI is InChI=1S/C17H19NO4/c1-17(2,3)13-7-5-4-6-11(13)10-22-15(20)9-12-8-14(19)18-16(12)21/h4-8H,9-10H2,1-3H3,(H,18,19,21). The number of rotatable bonds is 4. The number of nitrogens with one attached hydrogen (secondary N) is 1. The summed E-state index contributed by atoms with van der Waals surface area (Å²) in [5, 5.41) is 2.10. The molecule has 2 amide bonds. The van der Waals surface area contributed by atoms with Gasteiger partial charge in [0.25, 0.3) is 11.8 Å². The van der Waals surface area contributed by atoms with Crippen molar-refractivity contribution in [3.8, 4) is 0 Å². The van der Waals surface area contributed by atoms with Crippen LogP contribution in [0.3, 0.4) is 0 Å². The van der Waals surface area contributed by atoms with E-state index in [1.54, 1.807) is 0 Å². The van der Waals surface area contributed by atoms with Crippen LogP contribution >= 0.6 is 0 Å². The topological polar surface area (TPSA) is 72.5 Å². The summed E-state index contributed by atoms with van der Waals surface area (Å²) in [6.07, 6.45) is 0.932. The van der Waals surface area contributed by atoms with E-state index in [1.807, 2.05) is 24.3 Å². The third-order valence-electron chi connectivity index (χ3n) is 3.38. The molecular weight excluding hydrogens is 282 g/mol. The molecule has 1 aromatic carbocycles. The van der Waals surface area contributed by atoms with Gasteiger partial charge >= 0.3 is 5.97 Å². The van der Waals surface area contributed by atoms with E-state index in [9.17, 15) is 14.4 Å². The van der Waals surface area contributed by atoms with Crippen molar-refractivity contribution in [2.45, 2.75) is 39.2 Å². The van der Waals surface area contributed by atoms with Crippen molar-refractivity contribution in [1.29, 1.82) is 0 Å². The first-order valence-corrected chi connectivity index (χ1v) is 7.07. The van der Waals surface area contributed by atoms with Crippen LogP contribution in [0.5, 0.6) is 0 Å². The van der Waals surface area contributed by atoms with Gasteiger partial charge < -0.3 is 4.74 Å². The molecule has 0 radical (unpaired) electrons. The summed E-state index contributed by atoms with van der Waals surface area (Å²) < 4.78 is 5.24. The summed E-state index contributed by atoms with van der Waals surface area (Å²) in [7, 11) is 0. The average Bonchev–Trinajstić information content (AvgIpc) is 2.74. The Morgan fingerprint density at radius 2 is 1.86 bits per heavy atom. The molecule has 116 valence electrons. The summed E-state index contributed by atoms with van der Waals surface area (Å²) in [6.45, 7) is 6.42. The van der Waals surface area contributed by atoms with Gasteiger partial charge in [-0.3, -0.25) is 19.7 Å². The van der Waals surface area contributed by atoms with Crippen molar-refractivity contribution in [3.63, 3.8) is 0 Å². The Kier molecular flexibility index (Phi) is 4.45. The number of hydrogen-bond donors (Lipinski definition) is 1. The number of benzene rings is 1. The lowest BCUT2D eigenvalue weighted by Crippen LogP contribution is -2.23. The molecule has 1 aliphatic rings. The number of carbonyl (C=O) groups is 3. The predicted molar refractivity (Wildman–Crippen MR) is 80.8 cm³/mol. The van der Waals surface area contributed by atoms with E-state index in [4.69, 9.17) is 4.74 Å². The second kappa shape index (κ2) is 6.13. The number of ether oxygens (including phenoxy) is 1. The van der Waals surface area contributed by atoms with Crippen molar-refractivity contribution in [3.05, 3.63) is 47.0 Å². The molecule has 0 bridgehead atoms. The van der Waals surface area contributed by atoms with Crippen LogP contribution in [0.2, 0.25) is 0 Å². The monoisotopic (exact) mass is 301 g/mol. The minimum absolute atomic E-state index is 0.0523. The van der Waals surface area contributed by atoms with Gasteiger partial charge in [0.1, 0.15) is 6.61 Å². The molecule has 1 heterocycles. The van der Waals surface area contributed by atoms with Gasteiger partial charge in [-0.1, -0.05) is 45.0 Å². The highest BCUT2D eigenvalue weighted by Gasteiger charge is 2.24. The van der Waals surface area contributed by atoms with Crippen molar-refractivity contribution in [2.75, 3.05) is 0 Å². The van der Waals surface area contributed by atoms with Gasteiger partial charge in [-0.15, -0.1) is 0 Å². The Hall–Kier alpha value is -2.43. The number of hydrogen-bond acceptors (Lipinski definition) is 4. The summed E-state index contributed by atoms with van der Waals surface area (Å²) in [5.41, 5.74) is 2.13. The van der Waals surface area contributed by atoms with Crippen LogP contribution in [-0.2, 0) is 31.1 Å². The van der Waals surface area contributed by atoms with Crippen LogP contribution < -0.4 is 5.32 Å². The Morgan fingerprint density at radius 1 is 1.18 bits per heavy atom. The van der Waals surface area contributed by atoms with E-state index in [1.165, 1.54) is 0 Å². The summed E-state index contributed by atoms with van der Waals surface area (Å²) in [4.78, 5) is 34.2. The van der Waals surface area contributed by atoms with Gasteiger partial charge in [0.05, 0.1) is 6.42 Å². The summed E-state index contributed by atoms with van der Waals surface area (Å²) in [6, 6.07) is 7.77. The molecule has 1 aliphatic heterocycles. The molecule has 0 aromatic heterocycles. The zero-order valence-corrected chi connectivity index (χ0v) is 12.9. The van der Waals surface area contributed by atoms with Crippen LogP contribution in [0.15, 0.2) is 35.9 Å². The Labute approximate surface area is 129 Å². The molecule has 0 fully saturated rings. The molecule has 2 rings (SSSR count). The van der Waals surface area contributed by atoms with Gasteiger partial charge in [-0.2, -0.15) is 0 Å². The maximum Gasteiger partial charge on any atom is 0.310 e. The lowest BCUT2D eigenvalue weighted by Gasteiger charge is -2.22. The highest BCUT2D eigenvalue weighted by molar-refractivity contribution is 6.17. The van der Waals surface area contributed by atoms with Crippen LogP contribution in [0.1, 0.15) is 38.3 Å². The molecular formula is C17H19NO4. The second-order valence-corrected chi connectivity index (χ2v) is 6.23. The van der Waals surface area contributed by atoms with Crippen LogP contribution in [0.4, 0.5) is 0 Å². The average molecular weight is 301 g/mol. The van der Waals surface area contributed by atoms with Crippen molar-refractivity contribution >= 4 is 17.8 Å². The van der Waals surface area contributed by atoms with E-state index < -0.39 is 17.8 Å². The predicted octanol–water partition coefficient (Wildman–Crippen LogP) is 2.00.